The molecule has 2 aromatic rings. The number of carbonyl (C=O) groups is 3. The highest BCUT2D eigenvalue weighted by Gasteiger charge is 2.21. The third-order valence-electron chi connectivity index (χ3n) is 4.61. The van der Waals surface area contributed by atoms with E-state index in [0.717, 1.165) is 24.0 Å². The predicted molar refractivity (Wildman–Crippen MR) is 117 cm³/mol. The maximum atomic E-state index is 12.6. The number of nitrogens with zero attached hydrogens (tertiary/aromatic N) is 1. The third-order valence-corrected chi connectivity index (χ3v) is 4.61. The highest BCUT2D eigenvalue weighted by atomic mass is 16.4. The quantitative estimate of drug-likeness (QED) is 0.590. The number of carbonyl (C=O) groups excluding carboxylic acids is 2. The summed E-state index contributed by atoms with van der Waals surface area (Å²) >= 11 is 0. The molecule has 2 N–H and O–H groups in total. The van der Waals surface area contributed by atoms with Crippen LogP contribution < -0.4 is 5.32 Å². The molecule has 0 aliphatic carbocycles. The molecule has 2 aromatic carbocycles. The number of benzene rings is 2. The van der Waals surface area contributed by atoms with Crippen LogP contribution in [0.1, 0.15) is 40.7 Å². The number of nitrogens with one attached hydrogen (secondary N) is 1. The fourth-order valence-corrected chi connectivity index (χ4v) is 2.89. The zero-order valence-electron chi connectivity index (χ0n) is 17.4. The van der Waals surface area contributed by atoms with Gasteiger partial charge in [-0.05, 0) is 36.1 Å². The Morgan fingerprint density at radius 2 is 1.80 bits per heavy atom. The van der Waals surface area contributed by atoms with E-state index in [4.69, 9.17) is 0 Å². The molecule has 1 atom stereocenters. The first-order valence-corrected chi connectivity index (χ1v) is 9.91. The Bertz CT molecular complexity index is 891. The highest BCUT2D eigenvalue weighted by molar-refractivity contribution is 5.97. The molecule has 0 heterocycles. The topological polar surface area (TPSA) is 86.7 Å². The molecule has 0 radical (unpaired) electrons. The molecule has 0 aromatic heterocycles. The molecule has 6 nitrogen and oxygen atoms in total. The van der Waals surface area contributed by atoms with Crippen LogP contribution in [-0.2, 0) is 16.0 Å². The number of amides is 2. The monoisotopic (exact) mass is 408 g/mol. The molecule has 0 saturated carbocycles. The zero-order valence-corrected chi connectivity index (χ0v) is 17.4. The SMILES string of the molecule is CN(C)C(=O)CCC/C=C\c1cccc(C(=O)NC(Cc2ccccc2)C(=O)O)c1. The van der Waals surface area contributed by atoms with Gasteiger partial charge in [-0.15, -0.1) is 0 Å². The van der Waals surface area contributed by atoms with Crippen LogP contribution in [0.15, 0.2) is 60.7 Å². The fraction of sp³-hybridized carbons (Fsp3) is 0.292. The van der Waals surface area contributed by atoms with Crippen molar-refractivity contribution in [2.75, 3.05) is 14.1 Å². The van der Waals surface area contributed by atoms with E-state index in [2.05, 4.69) is 5.32 Å². The summed E-state index contributed by atoms with van der Waals surface area (Å²) in [6, 6.07) is 15.2. The second-order valence-electron chi connectivity index (χ2n) is 7.26. The molecular weight excluding hydrogens is 380 g/mol. The first-order chi connectivity index (χ1) is 14.4. The zero-order chi connectivity index (χ0) is 21.9. The predicted octanol–water partition coefficient (Wildman–Crippen LogP) is 3.38. The molecule has 0 saturated heterocycles. The Morgan fingerprint density at radius 3 is 2.47 bits per heavy atom. The van der Waals surface area contributed by atoms with E-state index >= 15 is 0 Å². The molecule has 0 aliphatic heterocycles. The van der Waals surface area contributed by atoms with Gasteiger partial charge >= 0.3 is 5.97 Å². The van der Waals surface area contributed by atoms with Crippen LogP contribution in [0.25, 0.3) is 6.08 Å². The number of hydrogen-bond acceptors (Lipinski definition) is 3. The molecule has 0 bridgehead atoms. The molecule has 2 rings (SSSR count). The van der Waals surface area contributed by atoms with E-state index in [1.165, 1.54) is 0 Å². The molecule has 2 amide bonds. The second kappa shape index (κ2) is 11.6. The van der Waals surface area contributed by atoms with Crippen molar-refractivity contribution in [2.45, 2.75) is 31.7 Å². The summed E-state index contributed by atoms with van der Waals surface area (Å²) in [5, 5.41) is 12.1. The minimum atomic E-state index is -1.07. The normalized spacial score (nSPS) is 11.8. The lowest BCUT2D eigenvalue weighted by atomic mass is 10.0. The van der Waals surface area contributed by atoms with Crippen molar-refractivity contribution in [1.82, 2.24) is 10.2 Å². The van der Waals surface area contributed by atoms with Crippen LogP contribution in [0.2, 0.25) is 0 Å². The van der Waals surface area contributed by atoms with Gasteiger partial charge in [0.05, 0.1) is 0 Å². The minimum absolute atomic E-state index is 0.102. The van der Waals surface area contributed by atoms with Crippen LogP contribution in [0.3, 0.4) is 0 Å². The molecule has 6 heteroatoms. The molecule has 0 aliphatic rings. The average molecular weight is 408 g/mol. The Labute approximate surface area is 177 Å². The number of hydrogen-bond donors (Lipinski definition) is 2. The van der Waals surface area contributed by atoms with Crippen molar-refractivity contribution in [3.05, 3.63) is 77.4 Å². The average Bonchev–Trinajstić information content (AvgIpc) is 2.73. The van der Waals surface area contributed by atoms with Crippen LogP contribution in [0.5, 0.6) is 0 Å². The lowest BCUT2D eigenvalue weighted by molar-refractivity contribution is -0.139. The number of unbranched alkanes of at least 4 members (excludes halogenated alkanes) is 1. The summed E-state index contributed by atoms with van der Waals surface area (Å²) in [7, 11) is 3.48. The fourth-order valence-electron chi connectivity index (χ4n) is 2.89. The number of carboxylic acid groups (broad SMARTS) is 1. The van der Waals surface area contributed by atoms with E-state index in [1.54, 1.807) is 37.2 Å². The minimum Gasteiger partial charge on any atom is -0.480 e. The van der Waals surface area contributed by atoms with Gasteiger partial charge in [-0.1, -0.05) is 54.6 Å². The van der Waals surface area contributed by atoms with Crippen LogP contribution in [0, 0.1) is 0 Å². The van der Waals surface area contributed by atoms with E-state index in [-0.39, 0.29) is 12.3 Å². The molecule has 0 spiro atoms. The van der Waals surface area contributed by atoms with Gasteiger partial charge in [0.15, 0.2) is 0 Å². The van der Waals surface area contributed by atoms with Gasteiger partial charge < -0.3 is 15.3 Å². The van der Waals surface area contributed by atoms with Gasteiger partial charge in [-0.3, -0.25) is 9.59 Å². The summed E-state index contributed by atoms with van der Waals surface area (Å²) in [6.45, 7) is 0. The third kappa shape index (κ3) is 7.54. The number of allylic oxidation sites excluding steroid dienone is 1. The number of rotatable bonds is 10. The maximum Gasteiger partial charge on any atom is 0.326 e. The summed E-state index contributed by atoms with van der Waals surface area (Å²) in [5.74, 6) is -1.40. The van der Waals surface area contributed by atoms with Crippen molar-refractivity contribution < 1.29 is 19.5 Å². The van der Waals surface area contributed by atoms with Crippen LogP contribution >= 0.6 is 0 Å². The van der Waals surface area contributed by atoms with Crippen molar-refractivity contribution in [3.63, 3.8) is 0 Å². The Morgan fingerprint density at radius 1 is 1.07 bits per heavy atom. The first-order valence-electron chi connectivity index (χ1n) is 9.91. The molecule has 1 unspecified atom stereocenters. The molecule has 0 fully saturated rings. The summed E-state index contributed by atoms with van der Waals surface area (Å²) in [4.78, 5) is 37.3. The Balaban J connectivity index is 1.95. The van der Waals surface area contributed by atoms with Crippen LogP contribution in [-0.4, -0.2) is 47.9 Å². The van der Waals surface area contributed by atoms with Gasteiger partial charge in [0.25, 0.3) is 5.91 Å². The lowest BCUT2D eigenvalue weighted by Gasteiger charge is -2.15. The Hall–Kier alpha value is -3.41. The summed E-state index contributed by atoms with van der Waals surface area (Å²) in [6.07, 6.45) is 6.09. The highest BCUT2D eigenvalue weighted by Crippen LogP contribution is 2.10. The maximum absolute atomic E-state index is 12.6. The van der Waals surface area contributed by atoms with Crippen molar-refractivity contribution >= 4 is 23.9 Å². The Kier molecular flexibility index (Phi) is 8.81. The standard InChI is InChI=1S/C24H28N2O4/c1-26(2)22(27)15-8-4-7-10-18-13-9-14-20(16-18)23(28)25-21(24(29)30)17-19-11-5-3-6-12-19/h3,5-7,9-14,16,21H,4,8,15,17H2,1-2H3,(H,25,28)(H,29,30)/b10-7-. The molecular formula is C24H28N2O4. The van der Waals surface area contributed by atoms with Crippen molar-refractivity contribution in [1.29, 1.82) is 0 Å². The molecule has 30 heavy (non-hydrogen) atoms. The van der Waals surface area contributed by atoms with Gasteiger partial charge in [0.1, 0.15) is 6.04 Å². The second-order valence-corrected chi connectivity index (χ2v) is 7.26. The van der Waals surface area contributed by atoms with E-state index in [9.17, 15) is 19.5 Å². The van der Waals surface area contributed by atoms with Gasteiger partial charge in [0, 0.05) is 32.5 Å². The number of aliphatic carboxylic acids is 1. The van der Waals surface area contributed by atoms with Gasteiger partial charge in [0.2, 0.25) is 5.91 Å². The smallest absolute Gasteiger partial charge is 0.326 e. The summed E-state index contributed by atoms with van der Waals surface area (Å²) in [5.41, 5.74) is 2.09. The van der Waals surface area contributed by atoms with Crippen molar-refractivity contribution in [2.24, 2.45) is 0 Å². The van der Waals surface area contributed by atoms with Crippen LogP contribution in [0.4, 0.5) is 0 Å². The van der Waals surface area contributed by atoms with E-state index in [0.29, 0.717) is 12.0 Å². The largest absolute Gasteiger partial charge is 0.480 e. The lowest BCUT2D eigenvalue weighted by Crippen LogP contribution is -2.42. The summed E-state index contributed by atoms with van der Waals surface area (Å²) < 4.78 is 0. The van der Waals surface area contributed by atoms with E-state index in [1.807, 2.05) is 48.6 Å². The number of carboxylic acids is 1. The van der Waals surface area contributed by atoms with E-state index < -0.39 is 17.9 Å². The van der Waals surface area contributed by atoms with Gasteiger partial charge in [-0.25, -0.2) is 4.79 Å². The van der Waals surface area contributed by atoms with Gasteiger partial charge in [-0.2, -0.15) is 0 Å². The molecule has 158 valence electrons. The van der Waals surface area contributed by atoms with Crippen molar-refractivity contribution in [3.8, 4) is 0 Å². The first kappa shape index (κ1) is 22.9.